The molecule has 0 saturated heterocycles. The maximum atomic E-state index is 13.3. The predicted molar refractivity (Wildman–Crippen MR) is 52.1 cm³/mol. The van der Waals surface area contributed by atoms with Gasteiger partial charge in [0.2, 0.25) is 0 Å². The highest BCUT2D eigenvalue weighted by Gasteiger charge is 2.17. The van der Waals surface area contributed by atoms with Crippen molar-refractivity contribution in [2.24, 2.45) is 0 Å². The van der Waals surface area contributed by atoms with Crippen molar-refractivity contribution in [3.8, 4) is 0 Å². The summed E-state index contributed by atoms with van der Waals surface area (Å²) in [5.41, 5.74) is 0.275. The van der Waals surface area contributed by atoms with Gasteiger partial charge in [-0.05, 0) is 18.1 Å². The van der Waals surface area contributed by atoms with Crippen LogP contribution >= 0.6 is 11.6 Å². The first kappa shape index (κ1) is 11.0. The summed E-state index contributed by atoms with van der Waals surface area (Å²) in [6.07, 6.45) is -0.124. The Labute approximate surface area is 86.3 Å². The third-order valence-electron chi connectivity index (χ3n) is 1.97. The number of carboxylic acid groups (broad SMARTS) is 1. The van der Waals surface area contributed by atoms with Gasteiger partial charge < -0.3 is 5.11 Å². The minimum absolute atomic E-state index is 0.124. The van der Waals surface area contributed by atoms with Gasteiger partial charge in [0.05, 0.1) is 6.42 Å². The Balaban J connectivity index is 2.99. The van der Waals surface area contributed by atoms with Crippen molar-refractivity contribution < 1.29 is 14.3 Å². The van der Waals surface area contributed by atoms with Gasteiger partial charge in [0.1, 0.15) is 5.82 Å². The molecule has 0 spiro atoms. The summed E-state index contributed by atoms with van der Waals surface area (Å²) in [5.74, 6) is -1.83. The molecule has 0 aromatic heterocycles. The first-order chi connectivity index (χ1) is 6.52. The van der Waals surface area contributed by atoms with Crippen LogP contribution < -0.4 is 0 Å². The number of hydrogen-bond donors (Lipinski definition) is 1. The van der Waals surface area contributed by atoms with Crippen molar-refractivity contribution in [3.63, 3.8) is 0 Å². The van der Waals surface area contributed by atoms with Crippen LogP contribution in [0, 0.1) is 5.82 Å². The fourth-order valence-corrected chi connectivity index (χ4v) is 1.69. The highest BCUT2D eigenvalue weighted by Crippen LogP contribution is 2.29. The third kappa shape index (κ3) is 2.45. The minimum atomic E-state index is -0.961. The number of benzene rings is 1. The Bertz CT molecular complexity index is 332. The molecule has 0 aliphatic carbocycles. The van der Waals surface area contributed by atoms with Crippen LogP contribution in [0.2, 0.25) is 5.02 Å². The van der Waals surface area contributed by atoms with E-state index in [0.717, 1.165) is 0 Å². The van der Waals surface area contributed by atoms with E-state index in [4.69, 9.17) is 16.7 Å². The van der Waals surface area contributed by atoms with E-state index in [0.29, 0.717) is 0 Å². The van der Waals surface area contributed by atoms with Crippen LogP contribution in [0.15, 0.2) is 18.2 Å². The summed E-state index contributed by atoms with van der Waals surface area (Å²) in [6.45, 7) is 1.64. The molecule has 1 unspecified atom stereocenters. The van der Waals surface area contributed by atoms with Crippen molar-refractivity contribution in [1.82, 2.24) is 0 Å². The monoisotopic (exact) mass is 216 g/mol. The second-order valence-corrected chi connectivity index (χ2v) is 3.54. The molecule has 76 valence electrons. The van der Waals surface area contributed by atoms with E-state index >= 15 is 0 Å². The second kappa shape index (κ2) is 4.42. The summed E-state index contributed by atoms with van der Waals surface area (Å²) < 4.78 is 13.3. The van der Waals surface area contributed by atoms with E-state index in [1.807, 2.05) is 0 Å². The van der Waals surface area contributed by atoms with Gasteiger partial charge in [-0.3, -0.25) is 4.79 Å². The lowest BCUT2D eigenvalue weighted by atomic mass is 9.97. The molecule has 0 heterocycles. The first-order valence-electron chi connectivity index (χ1n) is 4.18. The normalized spacial score (nSPS) is 12.5. The molecule has 0 bridgehead atoms. The van der Waals surface area contributed by atoms with Crippen LogP contribution in [-0.4, -0.2) is 11.1 Å². The van der Waals surface area contributed by atoms with Gasteiger partial charge >= 0.3 is 5.97 Å². The lowest BCUT2D eigenvalue weighted by Crippen LogP contribution is -2.05. The van der Waals surface area contributed by atoms with Crippen molar-refractivity contribution in [2.75, 3.05) is 0 Å². The molecule has 2 nitrogen and oxygen atoms in total. The SMILES string of the molecule is CC(CC(=O)O)c1c(F)cccc1Cl. The molecule has 1 aromatic rings. The predicted octanol–water partition coefficient (Wildman–Crippen LogP) is 3.06. The quantitative estimate of drug-likeness (QED) is 0.843. The molecule has 0 aliphatic heterocycles. The Morgan fingerprint density at radius 3 is 2.79 bits per heavy atom. The lowest BCUT2D eigenvalue weighted by molar-refractivity contribution is -0.137. The molecule has 0 saturated carbocycles. The maximum Gasteiger partial charge on any atom is 0.303 e. The van der Waals surface area contributed by atoms with Crippen LogP contribution in [0.4, 0.5) is 4.39 Å². The van der Waals surface area contributed by atoms with Gasteiger partial charge in [-0.1, -0.05) is 24.6 Å². The molecule has 0 fully saturated rings. The molecule has 1 aromatic carbocycles. The number of halogens is 2. The Morgan fingerprint density at radius 2 is 2.29 bits per heavy atom. The zero-order valence-corrected chi connectivity index (χ0v) is 8.38. The van der Waals surface area contributed by atoms with Gasteiger partial charge in [0.25, 0.3) is 0 Å². The molecule has 0 amide bonds. The Kier molecular flexibility index (Phi) is 3.47. The number of carbonyl (C=O) groups is 1. The largest absolute Gasteiger partial charge is 0.481 e. The minimum Gasteiger partial charge on any atom is -0.481 e. The molecule has 4 heteroatoms. The van der Waals surface area contributed by atoms with E-state index in [1.54, 1.807) is 13.0 Å². The van der Waals surface area contributed by atoms with E-state index in [-0.39, 0.29) is 17.0 Å². The van der Waals surface area contributed by atoms with Crippen LogP contribution in [0.3, 0.4) is 0 Å². The van der Waals surface area contributed by atoms with Crippen LogP contribution in [-0.2, 0) is 4.79 Å². The van der Waals surface area contributed by atoms with Crippen molar-refractivity contribution in [1.29, 1.82) is 0 Å². The average molecular weight is 217 g/mol. The van der Waals surface area contributed by atoms with Crippen molar-refractivity contribution >= 4 is 17.6 Å². The fourth-order valence-electron chi connectivity index (χ4n) is 1.35. The zero-order chi connectivity index (χ0) is 10.7. The average Bonchev–Trinajstić information content (AvgIpc) is 2.01. The van der Waals surface area contributed by atoms with Crippen LogP contribution in [0.25, 0.3) is 0 Å². The summed E-state index contributed by atoms with van der Waals surface area (Å²) in [5, 5.41) is 8.84. The smallest absolute Gasteiger partial charge is 0.303 e. The number of rotatable bonds is 3. The summed E-state index contributed by atoms with van der Waals surface area (Å²) in [6, 6.07) is 4.33. The highest BCUT2D eigenvalue weighted by molar-refractivity contribution is 6.31. The number of aliphatic carboxylic acids is 1. The molecule has 1 rings (SSSR count). The fraction of sp³-hybridized carbons (Fsp3) is 0.300. The number of hydrogen-bond acceptors (Lipinski definition) is 1. The van der Waals surface area contributed by atoms with E-state index in [2.05, 4.69) is 0 Å². The van der Waals surface area contributed by atoms with Gasteiger partial charge in [-0.2, -0.15) is 0 Å². The maximum absolute atomic E-state index is 13.3. The summed E-state index contributed by atoms with van der Waals surface area (Å²) >= 11 is 5.77. The van der Waals surface area contributed by atoms with Crippen molar-refractivity contribution in [3.05, 3.63) is 34.6 Å². The second-order valence-electron chi connectivity index (χ2n) is 3.13. The van der Waals surface area contributed by atoms with E-state index in [1.165, 1.54) is 12.1 Å². The Morgan fingerprint density at radius 1 is 1.64 bits per heavy atom. The molecular weight excluding hydrogens is 207 g/mol. The standard InChI is InChI=1S/C10H10ClFO2/c1-6(5-9(13)14)10-7(11)3-2-4-8(10)12/h2-4,6H,5H2,1H3,(H,13,14). The number of carboxylic acids is 1. The van der Waals surface area contributed by atoms with Crippen molar-refractivity contribution in [2.45, 2.75) is 19.3 Å². The van der Waals surface area contributed by atoms with Gasteiger partial charge in [-0.15, -0.1) is 0 Å². The molecule has 14 heavy (non-hydrogen) atoms. The van der Waals surface area contributed by atoms with Crippen LogP contribution in [0.5, 0.6) is 0 Å². The first-order valence-corrected chi connectivity index (χ1v) is 4.56. The van der Waals surface area contributed by atoms with Crippen LogP contribution in [0.1, 0.15) is 24.8 Å². The molecule has 0 aliphatic rings. The molecule has 1 atom stereocenters. The highest BCUT2D eigenvalue weighted by atomic mass is 35.5. The summed E-state index contributed by atoms with van der Waals surface area (Å²) in [7, 11) is 0. The molecule has 1 N–H and O–H groups in total. The molecule has 0 radical (unpaired) electrons. The van der Waals surface area contributed by atoms with Gasteiger partial charge in [0, 0.05) is 10.6 Å². The zero-order valence-electron chi connectivity index (χ0n) is 7.63. The van der Waals surface area contributed by atoms with E-state index in [9.17, 15) is 9.18 Å². The van der Waals surface area contributed by atoms with E-state index < -0.39 is 17.7 Å². The topological polar surface area (TPSA) is 37.3 Å². The Hall–Kier alpha value is -1.09. The van der Waals surface area contributed by atoms with Gasteiger partial charge in [0.15, 0.2) is 0 Å². The lowest BCUT2D eigenvalue weighted by Gasteiger charge is -2.11. The molecular formula is C10H10ClFO2. The summed E-state index contributed by atoms with van der Waals surface area (Å²) in [4.78, 5) is 10.4. The third-order valence-corrected chi connectivity index (χ3v) is 2.30. The van der Waals surface area contributed by atoms with Gasteiger partial charge in [-0.25, -0.2) is 4.39 Å².